The minimum absolute atomic E-state index is 0.134. The number of alkyl halides is 1. The molecule has 2 heterocycles. The van der Waals surface area contributed by atoms with Gasteiger partial charge in [-0.3, -0.25) is 0 Å². The molecule has 0 saturated carbocycles. The van der Waals surface area contributed by atoms with Crippen LogP contribution in [0.25, 0.3) is 0 Å². The Bertz CT molecular complexity index is 485. The van der Waals surface area contributed by atoms with Gasteiger partial charge in [0.05, 0.1) is 0 Å². The van der Waals surface area contributed by atoms with Crippen molar-refractivity contribution >= 4 is 26.2 Å². The molecule has 10 N–H and O–H groups in total. The number of aliphatic hydroxyl groups excluding tert-OH is 1. The molecule has 1 saturated heterocycles. The zero-order chi connectivity index (χ0) is 18.4. The molecule has 0 spiro atoms. The van der Waals surface area contributed by atoms with Gasteiger partial charge in [-0.15, -0.1) is 0 Å². The van der Waals surface area contributed by atoms with Crippen molar-refractivity contribution in [2.75, 3.05) is 37.3 Å². The molecule has 0 radical (unpaired) electrons. The summed E-state index contributed by atoms with van der Waals surface area (Å²) in [6, 6.07) is 0. The summed E-state index contributed by atoms with van der Waals surface area (Å²) in [5, 5.41) is 19.5. The Morgan fingerprint density at radius 1 is 1.52 bits per heavy atom. The maximum atomic E-state index is 9.63. The molecule has 2 atom stereocenters. The summed E-state index contributed by atoms with van der Waals surface area (Å²) in [7, 11) is 0. The van der Waals surface area contributed by atoms with Crippen LogP contribution in [0, 0.1) is 0 Å². The predicted molar refractivity (Wildman–Crippen MR) is 109 cm³/mol. The number of hydrogen-bond acceptors (Lipinski definition) is 9. The van der Waals surface area contributed by atoms with Crippen molar-refractivity contribution in [2.24, 2.45) is 18.6 Å². The third-order valence-electron chi connectivity index (χ3n) is 4.21. The van der Waals surface area contributed by atoms with E-state index >= 15 is 0 Å². The van der Waals surface area contributed by atoms with Crippen LogP contribution in [0.2, 0.25) is 0 Å². The van der Waals surface area contributed by atoms with E-state index in [1.807, 2.05) is 18.0 Å². The third kappa shape index (κ3) is 6.51. The normalized spacial score (nSPS) is 24.0. The van der Waals surface area contributed by atoms with E-state index in [1.165, 1.54) is 0 Å². The molecule has 2 aliphatic rings. The second-order valence-electron chi connectivity index (χ2n) is 6.22. The second-order valence-corrected chi connectivity index (χ2v) is 9.90. The van der Waals surface area contributed by atoms with Crippen molar-refractivity contribution < 1.29 is 5.11 Å². The number of aliphatic hydroxyl groups is 1. The van der Waals surface area contributed by atoms with Gasteiger partial charge >= 0.3 is 157 Å². The minimum atomic E-state index is -1.84. The van der Waals surface area contributed by atoms with Crippen molar-refractivity contribution in [3.8, 4) is 0 Å². The topological polar surface area (TPSA) is 153 Å². The SMILES string of the molecule is CC(=NI(N)CCNC1CNC(C(N)N)=CN1)N1CCN(C(C)O)C1. The van der Waals surface area contributed by atoms with E-state index in [4.69, 9.17) is 18.6 Å². The average molecular weight is 469 g/mol. The van der Waals surface area contributed by atoms with Crippen LogP contribution >= 0.6 is 20.4 Å². The van der Waals surface area contributed by atoms with Crippen molar-refractivity contribution in [3.63, 3.8) is 0 Å². The number of nitrogens with two attached hydrogens (primary N) is 3. The molecule has 10 nitrogen and oxygen atoms in total. The molecular weight excluding hydrogens is 437 g/mol. The zero-order valence-corrected chi connectivity index (χ0v) is 17.1. The molecule has 2 rings (SSSR count). The molecule has 0 aliphatic carbocycles. The first-order chi connectivity index (χ1) is 11.9. The van der Waals surface area contributed by atoms with Gasteiger partial charge in [-0.05, 0) is 0 Å². The van der Waals surface area contributed by atoms with Gasteiger partial charge < -0.3 is 0 Å². The van der Waals surface area contributed by atoms with E-state index in [0.29, 0.717) is 6.67 Å². The van der Waals surface area contributed by atoms with E-state index in [2.05, 4.69) is 20.9 Å². The zero-order valence-electron chi connectivity index (χ0n) is 15.0. The van der Waals surface area contributed by atoms with Gasteiger partial charge in [0, 0.05) is 0 Å². The second kappa shape index (κ2) is 9.85. The van der Waals surface area contributed by atoms with Gasteiger partial charge in [0.15, 0.2) is 0 Å². The van der Waals surface area contributed by atoms with E-state index in [1.54, 1.807) is 6.92 Å². The van der Waals surface area contributed by atoms with Crippen LogP contribution < -0.4 is 31.4 Å². The fraction of sp³-hybridized carbons (Fsp3) is 0.786. The van der Waals surface area contributed by atoms with Crippen LogP contribution in [0.5, 0.6) is 0 Å². The van der Waals surface area contributed by atoms with E-state index < -0.39 is 32.8 Å². The molecule has 1 fully saturated rings. The number of rotatable bonds is 7. The fourth-order valence-electron chi connectivity index (χ4n) is 2.62. The summed E-state index contributed by atoms with van der Waals surface area (Å²) >= 11 is -1.84. The number of nitrogens with one attached hydrogen (secondary N) is 3. The summed E-state index contributed by atoms with van der Waals surface area (Å²) in [5.41, 5.74) is 12.0. The Morgan fingerprint density at radius 2 is 2.28 bits per heavy atom. The summed E-state index contributed by atoms with van der Waals surface area (Å²) < 4.78 is 11.9. The molecule has 2 unspecified atom stereocenters. The molecule has 0 aromatic rings. The van der Waals surface area contributed by atoms with Gasteiger partial charge in [-0.25, -0.2) is 0 Å². The number of amidine groups is 1. The first-order valence-corrected chi connectivity index (χ1v) is 12.2. The fourth-order valence-corrected chi connectivity index (χ4v) is 4.93. The van der Waals surface area contributed by atoms with Crippen LogP contribution in [-0.2, 0) is 0 Å². The summed E-state index contributed by atoms with van der Waals surface area (Å²) in [6.45, 7) is 7.79. The Kier molecular flexibility index (Phi) is 8.12. The maximum absolute atomic E-state index is 9.63. The van der Waals surface area contributed by atoms with Gasteiger partial charge in [0.1, 0.15) is 0 Å². The van der Waals surface area contributed by atoms with Crippen LogP contribution in [0.15, 0.2) is 15.1 Å². The molecule has 0 amide bonds. The van der Waals surface area contributed by atoms with Gasteiger partial charge in [-0.2, -0.15) is 0 Å². The Balaban J connectivity index is 1.68. The van der Waals surface area contributed by atoms with Crippen molar-refractivity contribution in [2.45, 2.75) is 32.4 Å². The molecule has 0 aromatic heterocycles. The van der Waals surface area contributed by atoms with Gasteiger partial charge in [-0.1, -0.05) is 0 Å². The van der Waals surface area contributed by atoms with Gasteiger partial charge in [0.25, 0.3) is 0 Å². The summed E-state index contributed by atoms with van der Waals surface area (Å²) in [5.74, 6) is 0.984. The quantitative estimate of drug-likeness (QED) is 0.0550. The molecule has 2 aliphatic heterocycles. The predicted octanol–water partition coefficient (Wildman–Crippen LogP) is -2.19. The van der Waals surface area contributed by atoms with E-state index in [-0.39, 0.29) is 6.17 Å². The first-order valence-electron chi connectivity index (χ1n) is 8.44. The molecule has 0 bridgehead atoms. The number of nitrogens with zero attached hydrogens (tertiary/aromatic N) is 3. The Hall–Kier alpha value is -0.700. The van der Waals surface area contributed by atoms with Crippen LogP contribution in [0.4, 0.5) is 0 Å². The summed E-state index contributed by atoms with van der Waals surface area (Å²) in [4.78, 5) is 4.18. The van der Waals surface area contributed by atoms with Gasteiger partial charge in [0.2, 0.25) is 0 Å². The Morgan fingerprint density at radius 3 is 2.84 bits per heavy atom. The third-order valence-corrected chi connectivity index (χ3v) is 7.18. The van der Waals surface area contributed by atoms with Crippen LogP contribution in [-0.4, -0.2) is 76.6 Å². The number of halogens is 1. The van der Waals surface area contributed by atoms with Crippen molar-refractivity contribution in [1.82, 2.24) is 25.8 Å². The standard InChI is InChI=1S/C14H32IN9O/c1-10(23-5-6-24(9-23)11(2)25)22-15(18)3-4-19-13-8-20-12(7-21-13)14(16)17/h7,11,13-14,19-21,25H,3-6,8-9,16-18H2,1-2H3. The Labute approximate surface area is 157 Å². The average Bonchev–Trinajstić information content (AvgIpc) is 3.05. The molecule has 25 heavy (non-hydrogen) atoms. The summed E-state index contributed by atoms with van der Waals surface area (Å²) in [6.07, 6.45) is 1.04. The monoisotopic (exact) mass is 469 g/mol. The molecular formula is C14H32IN9O. The number of hydrogen-bond donors (Lipinski definition) is 7. The van der Waals surface area contributed by atoms with Crippen LogP contribution in [0.1, 0.15) is 13.8 Å². The first kappa shape index (κ1) is 20.6. The molecule has 11 heteroatoms. The van der Waals surface area contributed by atoms with E-state index in [0.717, 1.165) is 42.1 Å². The van der Waals surface area contributed by atoms with Crippen LogP contribution in [0.3, 0.4) is 0 Å². The molecule has 146 valence electrons. The van der Waals surface area contributed by atoms with Crippen molar-refractivity contribution in [1.29, 1.82) is 0 Å². The molecule has 0 aromatic carbocycles. The van der Waals surface area contributed by atoms with Crippen molar-refractivity contribution in [3.05, 3.63) is 11.9 Å². The van der Waals surface area contributed by atoms with E-state index in [9.17, 15) is 5.11 Å².